The molecule has 0 radical (unpaired) electrons. The first-order chi connectivity index (χ1) is 11.0. The van der Waals surface area contributed by atoms with E-state index in [1.54, 1.807) is 0 Å². The molecule has 2 rings (SSSR count). The molecule has 0 aliphatic heterocycles. The number of benzene rings is 1. The van der Waals surface area contributed by atoms with E-state index in [0.717, 1.165) is 29.7 Å². The molecule has 2 aromatic rings. The lowest BCUT2D eigenvalue weighted by molar-refractivity contribution is 0.0948. The maximum Gasteiger partial charge on any atom is 0.271 e. The Labute approximate surface area is 141 Å². The SMILES string of the molecule is CCCCNC(=O)c1cnc(Nc2c(C)cc(C)cc2Cl)cn1. The van der Waals surface area contributed by atoms with Crippen LogP contribution >= 0.6 is 11.6 Å². The summed E-state index contributed by atoms with van der Waals surface area (Å²) in [5.74, 6) is 0.339. The summed E-state index contributed by atoms with van der Waals surface area (Å²) in [6.45, 7) is 6.69. The number of carbonyl (C=O) groups excluding carboxylic acids is 1. The summed E-state index contributed by atoms with van der Waals surface area (Å²) >= 11 is 6.26. The predicted molar refractivity (Wildman–Crippen MR) is 93.5 cm³/mol. The van der Waals surface area contributed by atoms with Gasteiger partial charge in [0.25, 0.3) is 5.91 Å². The van der Waals surface area contributed by atoms with Gasteiger partial charge in [-0.15, -0.1) is 0 Å². The number of nitrogens with zero attached hydrogens (tertiary/aromatic N) is 2. The van der Waals surface area contributed by atoms with Crippen molar-refractivity contribution < 1.29 is 4.79 Å². The molecule has 0 unspecified atom stereocenters. The fourth-order valence-electron chi connectivity index (χ4n) is 2.18. The van der Waals surface area contributed by atoms with E-state index in [1.165, 1.54) is 12.4 Å². The van der Waals surface area contributed by atoms with Gasteiger partial charge in [0.1, 0.15) is 11.5 Å². The van der Waals surface area contributed by atoms with Crippen LogP contribution in [-0.2, 0) is 0 Å². The summed E-state index contributed by atoms with van der Waals surface area (Å²) in [5, 5.41) is 6.59. The molecular formula is C17H21ClN4O. The molecule has 1 aromatic heterocycles. The maximum absolute atomic E-state index is 11.9. The highest BCUT2D eigenvalue weighted by Gasteiger charge is 2.09. The standard InChI is InChI=1S/C17H21ClN4O/c1-4-5-6-19-17(23)14-9-21-15(10-20-14)22-16-12(3)7-11(2)8-13(16)18/h7-10H,4-6H2,1-3H3,(H,19,23)(H,21,22). The van der Waals surface area contributed by atoms with Gasteiger partial charge in [-0.3, -0.25) is 4.79 Å². The quantitative estimate of drug-likeness (QED) is 0.784. The lowest BCUT2D eigenvalue weighted by Crippen LogP contribution is -2.25. The van der Waals surface area contributed by atoms with Crippen LogP contribution < -0.4 is 10.6 Å². The summed E-state index contributed by atoms with van der Waals surface area (Å²) in [6, 6.07) is 3.93. The zero-order valence-electron chi connectivity index (χ0n) is 13.6. The van der Waals surface area contributed by atoms with Gasteiger partial charge < -0.3 is 10.6 Å². The van der Waals surface area contributed by atoms with E-state index in [-0.39, 0.29) is 5.91 Å². The molecule has 0 bridgehead atoms. The van der Waals surface area contributed by atoms with Gasteiger partial charge in [0.2, 0.25) is 0 Å². The first kappa shape index (κ1) is 17.2. The number of unbranched alkanes of at least 4 members (excludes halogenated alkanes) is 1. The van der Waals surface area contributed by atoms with E-state index in [4.69, 9.17) is 11.6 Å². The first-order valence-electron chi connectivity index (χ1n) is 7.65. The van der Waals surface area contributed by atoms with Gasteiger partial charge in [-0.25, -0.2) is 9.97 Å². The Morgan fingerprint density at radius 1 is 1.22 bits per heavy atom. The normalized spacial score (nSPS) is 10.4. The third-order valence-corrected chi connectivity index (χ3v) is 3.68. The number of aryl methyl sites for hydroxylation is 2. The molecule has 0 atom stereocenters. The van der Waals surface area contributed by atoms with E-state index in [2.05, 4.69) is 27.5 Å². The van der Waals surface area contributed by atoms with Crippen molar-refractivity contribution in [1.82, 2.24) is 15.3 Å². The minimum absolute atomic E-state index is 0.206. The van der Waals surface area contributed by atoms with Gasteiger partial charge in [0.05, 0.1) is 23.1 Å². The minimum Gasteiger partial charge on any atom is -0.351 e. The number of hydrogen-bond donors (Lipinski definition) is 2. The molecule has 0 aliphatic carbocycles. The highest BCUT2D eigenvalue weighted by Crippen LogP contribution is 2.29. The van der Waals surface area contributed by atoms with Gasteiger partial charge in [-0.05, 0) is 37.5 Å². The summed E-state index contributed by atoms with van der Waals surface area (Å²) < 4.78 is 0. The van der Waals surface area contributed by atoms with Crippen LogP contribution in [0.15, 0.2) is 24.5 Å². The van der Waals surface area contributed by atoms with Crippen LogP contribution in [0, 0.1) is 13.8 Å². The van der Waals surface area contributed by atoms with Crippen LogP contribution in [0.25, 0.3) is 0 Å². The van der Waals surface area contributed by atoms with Gasteiger partial charge in [-0.1, -0.05) is 31.0 Å². The second kappa shape index (κ2) is 7.92. The molecule has 0 saturated heterocycles. The van der Waals surface area contributed by atoms with Crippen LogP contribution in [0.3, 0.4) is 0 Å². The molecule has 6 heteroatoms. The maximum atomic E-state index is 11.9. The Morgan fingerprint density at radius 3 is 2.61 bits per heavy atom. The van der Waals surface area contributed by atoms with Crippen LogP contribution in [-0.4, -0.2) is 22.4 Å². The lowest BCUT2D eigenvalue weighted by Gasteiger charge is -2.12. The van der Waals surface area contributed by atoms with E-state index >= 15 is 0 Å². The lowest BCUT2D eigenvalue weighted by atomic mass is 10.1. The van der Waals surface area contributed by atoms with E-state index in [1.807, 2.05) is 26.0 Å². The zero-order valence-corrected chi connectivity index (χ0v) is 14.4. The Hall–Kier alpha value is -2.14. The van der Waals surface area contributed by atoms with Crippen molar-refractivity contribution in [2.75, 3.05) is 11.9 Å². The van der Waals surface area contributed by atoms with E-state index < -0.39 is 0 Å². The van der Waals surface area contributed by atoms with Crippen molar-refractivity contribution in [1.29, 1.82) is 0 Å². The largest absolute Gasteiger partial charge is 0.351 e. The Balaban J connectivity index is 2.07. The molecular weight excluding hydrogens is 312 g/mol. The van der Waals surface area contributed by atoms with Crippen molar-refractivity contribution in [2.24, 2.45) is 0 Å². The number of halogens is 1. The first-order valence-corrected chi connectivity index (χ1v) is 8.03. The average Bonchev–Trinajstić information content (AvgIpc) is 2.51. The molecule has 5 nitrogen and oxygen atoms in total. The number of carbonyl (C=O) groups is 1. The van der Waals surface area contributed by atoms with Gasteiger partial charge in [0, 0.05) is 6.54 Å². The molecule has 1 amide bonds. The highest BCUT2D eigenvalue weighted by molar-refractivity contribution is 6.33. The summed E-state index contributed by atoms with van der Waals surface area (Å²) in [7, 11) is 0. The van der Waals surface area contributed by atoms with Crippen LogP contribution in [0.1, 0.15) is 41.4 Å². The highest BCUT2D eigenvalue weighted by atomic mass is 35.5. The number of anilines is 2. The molecule has 1 heterocycles. The Bertz CT molecular complexity index is 662. The summed E-state index contributed by atoms with van der Waals surface area (Å²) in [6.07, 6.45) is 4.97. The fraction of sp³-hybridized carbons (Fsp3) is 0.353. The molecule has 0 saturated carbocycles. The summed E-state index contributed by atoms with van der Waals surface area (Å²) in [5.41, 5.74) is 3.23. The molecule has 0 spiro atoms. The van der Waals surface area contributed by atoms with Gasteiger partial charge >= 0.3 is 0 Å². The van der Waals surface area contributed by atoms with Crippen molar-refractivity contribution in [3.63, 3.8) is 0 Å². The molecule has 23 heavy (non-hydrogen) atoms. The van der Waals surface area contributed by atoms with E-state index in [0.29, 0.717) is 23.1 Å². The topological polar surface area (TPSA) is 66.9 Å². The second-order valence-corrected chi connectivity index (χ2v) is 5.87. The number of rotatable bonds is 6. The van der Waals surface area contributed by atoms with Gasteiger partial charge in [0.15, 0.2) is 0 Å². The smallest absolute Gasteiger partial charge is 0.271 e. The minimum atomic E-state index is -0.206. The third-order valence-electron chi connectivity index (χ3n) is 3.39. The van der Waals surface area contributed by atoms with Crippen molar-refractivity contribution in [2.45, 2.75) is 33.6 Å². The third kappa shape index (κ3) is 4.66. The number of amides is 1. The second-order valence-electron chi connectivity index (χ2n) is 5.46. The molecule has 122 valence electrons. The Morgan fingerprint density at radius 2 is 2.00 bits per heavy atom. The molecule has 0 aliphatic rings. The van der Waals surface area contributed by atoms with Gasteiger partial charge in [-0.2, -0.15) is 0 Å². The van der Waals surface area contributed by atoms with Crippen molar-refractivity contribution in [3.05, 3.63) is 46.4 Å². The van der Waals surface area contributed by atoms with E-state index in [9.17, 15) is 4.79 Å². The number of nitrogens with one attached hydrogen (secondary N) is 2. The predicted octanol–water partition coefficient (Wildman–Crippen LogP) is 4.02. The average molecular weight is 333 g/mol. The summed E-state index contributed by atoms with van der Waals surface area (Å²) in [4.78, 5) is 20.3. The monoisotopic (exact) mass is 332 g/mol. The van der Waals surface area contributed by atoms with Crippen molar-refractivity contribution in [3.8, 4) is 0 Å². The van der Waals surface area contributed by atoms with Crippen LogP contribution in [0.4, 0.5) is 11.5 Å². The van der Waals surface area contributed by atoms with Crippen molar-refractivity contribution >= 4 is 29.0 Å². The van der Waals surface area contributed by atoms with Crippen LogP contribution in [0.2, 0.25) is 5.02 Å². The molecule has 0 fully saturated rings. The Kier molecular flexibility index (Phi) is 5.93. The molecule has 1 aromatic carbocycles. The van der Waals surface area contributed by atoms with Crippen LogP contribution in [0.5, 0.6) is 0 Å². The number of hydrogen-bond acceptors (Lipinski definition) is 4. The zero-order chi connectivity index (χ0) is 16.8. The molecule has 2 N–H and O–H groups in total. The fourth-order valence-corrected chi connectivity index (χ4v) is 2.55. The number of aromatic nitrogens is 2.